The summed E-state index contributed by atoms with van der Waals surface area (Å²) in [6.45, 7) is 0.757. The van der Waals surface area contributed by atoms with Crippen LogP contribution in [0.5, 0.6) is 0 Å². The Kier molecular flexibility index (Phi) is 7.65. The lowest BCUT2D eigenvalue weighted by Gasteiger charge is -2.49. The van der Waals surface area contributed by atoms with Gasteiger partial charge in [-0.15, -0.1) is 16.9 Å². The monoisotopic (exact) mass is 535 g/mol. The highest BCUT2D eigenvalue weighted by molar-refractivity contribution is 8.01. The zero-order chi connectivity index (χ0) is 25.8. The molecule has 0 radical (unpaired) electrons. The summed E-state index contributed by atoms with van der Waals surface area (Å²) in [5, 5.41) is 27.3. The van der Waals surface area contributed by atoms with Crippen molar-refractivity contribution in [1.82, 2.24) is 40.4 Å². The molecule has 16 nitrogen and oxygen atoms in total. The number of nitrogens with two attached hydrogens (primary N) is 2. The van der Waals surface area contributed by atoms with Gasteiger partial charge in [0.05, 0.1) is 6.54 Å². The summed E-state index contributed by atoms with van der Waals surface area (Å²) in [5.74, 6) is -1.98. The number of oxime groups is 1. The van der Waals surface area contributed by atoms with E-state index in [1.165, 1.54) is 52.5 Å². The molecule has 1 saturated heterocycles. The van der Waals surface area contributed by atoms with E-state index < -0.39 is 29.2 Å². The fourth-order valence-electron chi connectivity index (χ4n) is 3.48. The molecule has 0 aliphatic carbocycles. The summed E-state index contributed by atoms with van der Waals surface area (Å²) in [6.07, 6.45) is 1.35. The molecule has 0 spiro atoms. The predicted molar refractivity (Wildman–Crippen MR) is 127 cm³/mol. The van der Waals surface area contributed by atoms with Crippen molar-refractivity contribution in [2.24, 2.45) is 10.9 Å². The highest BCUT2D eigenvalue weighted by atomic mass is 32.2. The zero-order valence-electron chi connectivity index (χ0n) is 18.8. The number of aromatic nitrogens is 6. The molecule has 2 aliphatic rings. The van der Waals surface area contributed by atoms with Crippen molar-refractivity contribution in [3.8, 4) is 0 Å². The molecular formula is C18H21N11O5S2. The number of nitrogens with one attached hydrogen (secondary N) is 1. The second kappa shape index (κ2) is 10.9. The summed E-state index contributed by atoms with van der Waals surface area (Å²) in [6, 6.07) is 0.456. The van der Waals surface area contributed by atoms with Crippen molar-refractivity contribution in [2.75, 3.05) is 30.9 Å². The van der Waals surface area contributed by atoms with Gasteiger partial charge < -0.3 is 26.7 Å². The number of thioether (sulfide) groups is 2. The third kappa shape index (κ3) is 4.95. The molecule has 4 rings (SSSR count). The van der Waals surface area contributed by atoms with Crippen molar-refractivity contribution < 1.29 is 24.3 Å². The number of nitrogens with zero attached hydrogens (tertiary/aromatic N) is 8. The third-order valence-corrected chi connectivity index (χ3v) is 7.42. The third-order valence-electron chi connectivity index (χ3n) is 5.04. The van der Waals surface area contributed by atoms with Crippen LogP contribution in [0.2, 0.25) is 0 Å². The van der Waals surface area contributed by atoms with Gasteiger partial charge in [0.25, 0.3) is 11.8 Å². The maximum atomic E-state index is 13.0. The Hall–Kier alpha value is -3.77. The molecule has 2 atom stereocenters. The lowest BCUT2D eigenvalue weighted by Crippen LogP contribution is -2.71. The molecule has 6 N–H and O–H groups in total. The second-order valence-electron chi connectivity index (χ2n) is 7.31. The number of hydrogen-bond acceptors (Lipinski definition) is 14. The van der Waals surface area contributed by atoms with Gasteiger partial charge in [-0.2, -0.15) is 0 Å². The van der Waals surface area contributed by atoms with Gasteiger partial charge in [-0.05, 0) is 22.1 Å². The first-order chi connectivity index (χ1) is 17.3. The van der Waals surface area contributed by atoms with Crippen LogP contribution in [-0.2, 0) is 25.8 Å². The van der Waals surface area contributed by atoms with Gasteiger partial charge in [-0.1, -0.05) is 16.9 Å². The Balaban J connectivity index is 1.49. The number of carboxylic acid groups (broad SMARTS) is 1. The molecular weight excluding hydrogens is 514 g/mol. The number of fused-ring (bicyclic) bond motifs is 1. The van der Waals surface area contributed by atoms with Crippen LogP contribution in [0.1, 0.15) is 5.82 Å². The van der Waals surface area contributed by atoms with Gasteiger partial charge in [0.1, 0.15) is 30.0 Å². The van der Waals surface area contributed by atoms with Crippen LogP contribution in [-0.4, -0.2) is 100 Å². The van der Waals surface area contributed by atoms with E-state index in [0.717, 1.165) is 0 Å². The van der Waals surface area contributed by atoms with E-state index in [9.17, 15) is 19.5 Å². The fourth-order valence-corrected chi connectivity index (χ4v) is 5.87. The van der Waals surface area contributed by atoms with Gasteiger partial charge >= 0.3 is 5.97 Å². The number of carboxylic acids is 1. The largest absolute Gasteiger partial charge is 0.477 e. The van der Waals surface area contributed by atoms with Crippen molar-refractivity contribution in [3.63, 3.8) is 0 Å². The van der Waals surface area contributed by atoms with Crippen molar-refractivity contribution in [1.29, 1.82) is 0 Å². The number of aliphatic carboxylic acids is 1. The lowest BCUT2D eigenvalue weighted by molar-refractivity contribution is -0.150. The van der Waals surface area contributed by atoms with Crippen LogP contribution in [0.3, 0.4) is 0 Å². The number of nitrogen functional groups attached to an aromatic ring is 1. The minimum Gasteiger partial charge on any atom is -0.477 e. The van der Waals surface area contributed by atoms with E-state index >= 15 is 0 Å². The van der Waals surface area contributed by atoms with E-state index in [1.807, 2.05) is 0 Å². The number of β-lactam (4-membered cyclic amide) rings is 1. The Morgan fingerprint density at radius 1 is 1.44 bits per heavy atom. The first-order valence-corrected chi connectivity index (χ1v) is 12.4. The highest BCUT2D eigenvalue weighted by Gasteiger charge is 2.54. The Bertz CT molecular complexity index is 1250. The molecule has 2 unspecified atom stereocenters. The number of amides is 2. The average Bonchev–Trinajstić information content (AvgIpc) is 3.30. The first-order valence-electron chi connectivity index (χ1n) is 10.4. The molecule has 0 saturated carbocycles. The van der Waals surface area contributed by atoms with E-state index in [-0.39, 0.29) is 28.8 Å². The molecule has 2 aliphatic heterocycles. The van der Waals surface area contributed by atoms with Gasteiger partial charge in [-0.3, -0.25) is 14.5 Å². The number of carbonyl (C=O) groups is 3. The molecule has 1 fully saturated rings. The Labute approximate surface area is 211 Å². The highest BCUT2D eigenvalue weighted by Crippen LogP contribution is 2.41. The Morgan fingerprint density at radius 2 is 2.25 bits per heavy atom. The minimum atomic E-state index is -1.25. The normalized spacial score (nSPS) is 19.6. The van der Waals surface area contributed by atoms with E-state index in [1.54, 1.807) is 0 Å². The summed E-state index contributed by atoms with van der Waals surface area (Å²) in [5.41, 5.74) is 11.3. The van der Waals surface area contributed by atoms with Crippen molar-refractivity contribution >= 4 is 52.8 Å². The summed E-state index contributed by atoms with van der Waals surface area (Å²) >= 11 is 2.57. The van der Waals surface area contributed by atoms with Crippen molar-refractivity contribution in [3.05, 3.63) is 29.4 Å². The van der Waals surface area contributed by atoms with Crippen LogP contribution in [0.15, 0.2) is 33.8 Å². The first kappa shape index (κ1) is 25.3. The van der Waals surface area contributed by atoms with Gasteiger partial charge in [-0.25, -0.2) is 19.4 Å². The van der Waals surface area contributed by atoms with Crippen LogP contribution >= 0.6 is 23.5 Å². The van der Waals surface area contributed by atoms with Crippen LogP contribution < -0.4 is 16.8 Å². The topological polar surface area (TPSA) is 230 Å². The summed E-state index contributed by atoms with van der Waals surface area (Å²) in [7, 11) is 1.24. The lowest BCUT2D eigenvalue weighted by atomic mass is 10.0. The molecule has 4 heterocycles. The minimum absolute atomic E-state index is 0.0864. The SMILES string of the molecule is CO/N=C(/C(=O)NC1C(=O)N2C(C(=O)O)=C(CSc3nnnn3CCN)CSC12)c1nccc(N)n1. The predicted octanol–water partition coefficient (Wildman–Crippen LogP) is -2.11. The van der Waals surface area contributed by atoms with Gasteiger partial charge in [0, 0.05) is 24.2 Å². The number of hydrogen-bond donors (Lipinski definition) is 4. The molecule has 2 aromatic rings. The molecule has 0 bridgehead atoms. The standard InChI is InChI=1S/C18H21N11O5S2/c1-34-25-10(13-21-4-2-9(20)22-13)14(30)23-11-15(31)29-12(17(32)33)8(6-35-16(11)29)7-36-18-24-26-27-28(18)5-3-19/h2,4,11,16H,3,5-7,19H2,1H3,(H,23,30)(H,32,33)(H2,20,21,22)/b25-10+. The molecule has 2 aromatic heterocycles. The quantitative estimate of drug-likeness (QED) is 0.110. The maximum Gasteiger partial charge on any atom is 0.352 e. The van der Waals surface area contributed by atoms with Crippen LogP contribution in [0.25, 0.3) is 0 Å². The smallest absolute Gasteiger partial charge is 0.352 e. The molecule has 18 heteroatoms. The summed E-state index contributed by atoms with van der Waals surface area (Å²) in [4.78, 5) is 51.7. The zero-order valence-corrected chi connectivity index (χ0v) is 20.4. The van der Waals surface area contributed by atoms with Crippen LogP contribution in [0.4, 0.5) is 5.82 Å². The summed E-state index contributed by atoms with van der Waals surface area (Å²) < 4.78 is 1.52. The number of rotatable bonds is 10. The molecule has 190 valence electrons. The average molecular weight is 536 g/mol. The number of anilines is 1. The number of tetrazole rings is 1. The molecule has 2 amide bonds. The second-order valence-corrected chi connectivity index (χ2v) is 9.36. The van der Waals surface area contributed by atoms with Gasteiger partial charge in [0.15, 0.2) is 5.82 Å². The van der Waals surface area contributed by atoms with Crippen molar-refractivity contribution in [2.45, 2.75) is 23.1 Å². The van der Waals surface area contributed by atoms with E-state index in [2.05, 4.69) is 36.0 Å². The van der Waals surface area contributed by atoms with Crippen LogP contribution in [0, 0.1) is 0 Å². The molecule has 36 heavy (non-hydrogen) atoms. The Morgan fingerprint density at radius 3 is 2.94 bits per heavy atom. The van der Waals surface area contributed by atoms with E-state index in [0.29, 0.717) is 29.6 Å². The van der Waals surface area contributed by atoms with Gasteiger partial charge in [0.2, 0.25) is 10.9 Å². The fraction of sp³-hybridized carbons (Fsp3) is 0.389. The maximum absolute atomic E-state index is 13.0. The number of carbonyl (C=O) groups excluding carboxylic acids is 2. The molecule has 0 aromatic carbocycles. The van der Waals surface area contributed by atoms with E-state index in [4.69, 9.17) is 16.3 Å².